The van der Waals surface area contributed by atoms with Crippen molar-refractivity contribution in [1.82, 2.24) is 0 Å². The van der Waals surface area contributed by atoms with E-state index in [2.05, 4.69) is 44.2 Å². The van der Waals surface area contributed by atoms with Crippen LogP contribution in [-0.2, 0) is 6.42 Å². The summed E-state index contributed by atoms with van der Waals surface area (Å²) in [6.45, 7) is 4.94. The van der Waals surface area contributed by atoms with Gasteiger partial charge in [0.05, 0.1) is 0 Å². The van der Waals surface area contributed by atoms with E-state index in [1.807, 2.05) is 0 Å². The zero-order chi connectivity index (χ0) is 11.1. The van der Waals surface area contributed by atoms with Gasteiger partial charge in [0.2, 0.25) is 0 Å². The first kappa shape index (κ1) is 10.4. The van der Waals surface area contributed by atoms with Crippen LogP contribution < -0.4 is 0 Å². The average Bonchev–Trinajstić information content (AvgIpc) is 2.82. The molecule has 1 aromatic rings. The molecule has 2 aliphatic rings. The third-order valence-electron chi connectivity index (χ3n) is 5.37. The summed E-state index contributed by atoms with van der Waals surface area (Å²) < 4.78 is 0. The van der Waals surface area contributed by atoms with Crippen molar-refractivity contribution in [3.05, 3.63) is 35.9 Å². The summed E-state index contributed by atoms with van der Waals surface area (Å²) in [6.07, 6.45) is 4.32. The molecule has 0 amide bonds. The van der Waals surface area contributed by atoms with Crippen molar-refractivity contribution in [2.24, 2.45) is 29.6 Å². The molecule has 0 saturated heterocycles. The van der Waals surface area contributed by atoms with Crippen LogP contribution in [0.4, 0.5) is 0 Å². The van der Waals surface area contributed by atoms with Crippen LogP contribution in [0.2, 0.25) is 0 Å². The van der Waals surface area contributed by atoms with Crippen LogP contribution >= 0.6 is 0 Å². The highest BCUT2D eigenvalue weighted by Gasteiger charge is 2.48. The molecule has 2 aliphatic carbocycles. The molecule has 0 heterocycles. The number of hydrogen-bond acceptors (Lipinski definition) is 0. The van der Waals surface area contributed by atoms with Gasteiger partial charge in [-0.1, -0.05) is 44.2 Å². The van der Waals surface area contributed by atoms with Gasteiger partial charge in [0.1, 0.15) is 0 Å². The first-order valence-electron chi connectivity index (χ1n) is 6.79. The van der Waals surface area contributed by atoms with Crippen LogP contribution in [0.1, 0.15) is 32.3 Å². The second-order valence-corrected chi connectivity index (χ2v) is 6.06. The Kier molecular flexibility index (Phi) is 2.53. The zero-order valence-electron chi connectivity index (χ0n) is 10.4. The molecule has 16 heavy (non-hydrogen) atoms. The fourth-order valence-corrected chi connectivity index (χ4v) is 4.25. The first-order valence-corrected chi connectivity index (χ1v) is 6.79. The van der Waals surface area contributed by atoms with Gasteiger partial charge in [-0.15, -0.1) is 0 Å². The molecule has 0 aromatic heterocycles. The minimum atomic E-state index is 0.965. The van der Waals surface area contributed by atoms with Gasteiger partial charge in [-0.3, -0.25) is 0 Å². The Morgan fingerprint density at radius 3 is 2.38 bits per heavy atom. The third-order valence-corrected chi connectivity index (χ3v) is 5.37. The van der Waals surface area contributed by atoms with Crippen molar-refractivity contribution in [3.63, 3.8) is 0 Å². The van der Waals surface area contributed by atoms with Gasteiger partial charge >= 0.3 is 0 Å². The molecule has 0 spiro atoms. The molecule has 2 saturated carbocycles. The molecule has 1 aromatic carbocycles. The van der Waals surface area contributed by atoms with E-state index in [-0.39, 0.29) is 0 Å². The molecular formula is C16H22. The van der Waals surface area contributed by atoms with Gasteiger partial charge in [0, 0.05) is 0 Å². The Hall–Kier alpha value is -0.780. The van der Waals surface area contributed by atoms with Gasteiger partial charge in [-0.05, 0) is 54.4 Å². The number of hydrogen-bond donors (Lipinski definition) is 0. The molecule has 2 fully saturated rings. The summed E-state index contributed by atoms with van der Waals surface area (Å²) in [6, 6.07) is 11.1. The van der Waals surface area contributed by atoms with Crippen molar-refractivity contribution in [3.8, 4) is 0 Å². The van der Waals surface area contributed by atoms with E-state index in [4.69, 9.17) is 0 Å². The summed E-state index contributed by atoms with van der Waals surface area (Å²) in [5.74, 6) is 4.97. The van der Waals surface area contributed by atoms with E-state index in [0.29, 0.717) is 0 Å². The highest BCUT2D eigenvalue weighted by Crippen LogP contribution is 2.55. The molecular weight excluding hydrogens is 192 g/mol. The average molecular weight is 214 g/mol. The van der Waals surface area contributed by atoms with Gasteiger partial charge in [0.25, 0.3) is 0 Å². The standard InChI is InChI=1S/C16H22/c1-11-12(2)16-10-14(11)9-15(16)8-13-6-4-3-5-7-13/h3-7,11-12,14-16H,8-10H2,1-2H3. The highest BCUT2D eigenvalue weighted by atomic mass is 14.5. The van der Waals surface area contributed by atoms with Crippen LogP contribution in [0.25, 0.3) is 0 Å². The topological polar surface area (TPSA) is 0 Å². The van der Waals surface area contributed by atoms with Gasteiger partial charge in [0.15, 0.2) is 0 Å². The minimum Gasteiger partial charge on any atom is -0.0622 e. The quantitative estimate of drug-likeness (QED) is 0.693. The Balaban J connectivity index is 1.71. The van der Waals surface area contributed by atoms with Gasteiger partial charge < -0.3 is 0 Å². The van der Waals surface area contributed by atoms with Gasteiger partial charge in [-0.2, -0.15) is 0 Å². The Morgan fingerprint density at radius 2 is 1.75 bits per heavy atom. The van der Waals surface area contributed by atoms with Crippen molar-refractivity contribution < 1.29 is 0 Å². The summed E-state index contributed by atoms with van der Waals surface area (Å²) in [7, 11) is 0. The van der Waals surface area contributed by atoms with Crippen LogP contribution in [0.5, 0.6) is 0 Å². The monoisotopic (exact) mass is 214 g/mol. The molecule has 2 bridgehead atoms. The molecule has 0 nitrogen and oxygen atoms in total. The lowest BCUT2D eigenvalue weighted by atomic mass is 9.74. The molecule has 5 unspecified atom stereocenters. The van der Waals surface area contributed by atoms with E-state index < -0.39 is 0 Å². The van der Waals surface area contributed by atoms with E-state index in [0.717, 1.165) is 29.6 Å². The van der Waals surface area contributed by atoms with E-state index >= 15 is 0 Å². The fraction of sp³-hybridized carbons (Fsp3) is 0.625. The maximum absolute atomic E-state index is 2.48. The molecule has 0 heteroatoms. The Labute approximate surface area is 99.1 Å². The van der Waals surface area contributed by atoms with Crippen LogP contribution in [0.15, 0.2) is 30.3 Å². The van der Waals surface area contributed by atoms with E-state index in [1.165, 1.54) is 19.3 Å². The Bertz CT molecular complexity index is 352. The van der Waals surface area contributed by atoms with Crippen molar-refractivity contribution in [2.45, 2.75) is 33.1 Å². The van der Waals surface area contributed by atoms with Crippen molar-refractivity contribution in [1.29, 1.82) is 0 Å². The number of benzene rings is 1. The molecule has 86 valence electrons. The zero-order valence-corrected chi connectivity index (χ0v) is 10.4. The summed E-state index contributed by atoms with van der Waals surface area (Å²) >= 11 is 0. The van der Waals surface area contributed by atoms with Crippen molar-refractivity contribution in [2.75, 3.05) is 0 Å². The van der Waals surface area contributed by atoms with Crippen molar-refractivity contribution >= 4 is 0 Å². The minimum absolute atomic E-state index is 0.965. The Morgan fingerprint density at radius 1 is 1.00 bits per heavy atom. The van der Waals surface area contributed by atoms with Gasteiger partial charge in [-0.25, -0.2) is 0 Å². The lowest BCUT2D eigenvalue weighted by Crippen LogP contribution is -2.25. The van der Waals surface area contributed by atoms with Crippen LogP contribution in [0.3, 0.4) is 0 Å². The fourth-order valence-electron chi connectivity index (χ4n) is 4.25. The number of fused-ring (bicyclic) bond motifs is 2. The molecule has 0 N–H and O–H groups in total. The van der Waals surface area contributed by atoms with Crippen LogP contribution in [0, 0.1) is 29.6 Å². The maximum Gasteiger partial charge on any atom is -0.0248 e. The lowest BCUT2D eigenvalue weighted by Gasteiger charge is -2.31. The summed E-state index contributed by atoms with van der Waals surface area (Å²) in [5, 5.41) is 0. The smallest absolute Gasteiger partial charge is 0.0248 e. The SMILES string of the molecule is CC1C2CC(Cc3ccccc3)C(C2)C1C. The second-order valence-electron chi connectivity index (χ2n) is 6.06. The largest absolute Gasteiger partial charge is 0.0622 e. The number of rotatable bonds is 2. The summed E-state index contributed by atoms with van der Waals surface area (Å²) in [5.41, 5.74) is 1.54. The second kappa shape index (κ2) is 3.91. The normalized spacial score (nSPS) is 41.5. The lowest BCUT2D eigenvalue weighted by molar-refractivity contribution is 0.189. The molecule has 0 radical (unpaired) electrons. The maximum atomic E-state index is 2.48. The molecule has 0 aliphatic heterocycles. The highest BCUT2D eigenvalue weighted by molar-refractivity contribution is 5.16. The first-order chi connectivity index (χ1) is 7.75. The molecule has 3 rings (SSSR count). The predicted molar refractivity (Wildman–Crippen MR) is 68.2 cm³/mol. The summed E-state index contributed by atoms with van der Waals surface area (Å²) in [4.78, 5) is 0. The van der Waals surface area contributed by atoms with Crippen LogP contribution in [-0.4, -0.2) is 0 Å². The predicted octanol–water partition coefficient (Wildman–Crippen LogP) is 4.16. The van der Waals surface area contributed by atoms with E-state index in [1.54, 1.807) is 5.56 Å². The third kappa shape index (κ3) is 1.59. The van der Waals surface area contributed by atoms with E-state index in [9.17, 15) is 0 Å². The molecule has 5 atom stereocenters.